The number of hydrogen-bond acceptors (Lipinski definition) is 6. The van der Waals surface area contributed by atoms with Gasteiger partial charge in [-0.05, 0) is 37.0 Å². The van der Waals surface area contributed by atoms with Gasteiger partial charge in [0.05, 0.1) is 18.7 Å². The topological polar surface area (TPSA) is 81.0 Å². The second kappa shape index (κ2) is 9.00. The van der Waals surface area contributed by atoms with Gasteiger partial charge in [0.15, 0.2) is 0 Å². The number of fused-ring (bicyclic) bond motifs is 3. The van der Waals surface area contributed by atoms with E-state index in [0.29, 0.717) is 37.8 Å². The average molecular weight is 457 g/mol. The SMILES string of the molecule is COC(=O)[C@@H]1[C@@H](CO)[C@@H]2Cn3c(ccc(-c4ccccc4F)c3=O)[C@@H]2N1CC1CCOCC1. The second-order valence-corrected chi connectivity index (χ2v) is 9.24. The molecule has 5 rings (SSSR count). The van der Waals surface area contributed by atoms with Crippen molar-refractivity contribution in [2.24, 2.45) is 17.8 Å². The molecule has 4 heterocycles. The molecule has 3 aliphatic heterocycles. The van der Waals surface area contributed by atoms with Gasteiger partial charge < -0.3 is 19.1 Å². The maximum atomic E-state index is 14.4. The summed E-state index contributed by atoms with van der Waals surface area (Å²) in [5.74, 6) is -0.885. The zero-order chi connectivity index (χ0) is 23.1. The van der Waals surface area contributed by atoms with Crippen LogP contribution in [0.4, 0.5) is 4.39 Å². The maximum absolute atomic E-state index is 14.4. The summed E-state index contributed by atoms with van der Waals surface area (Å²) < 4.78 is 26.7. The van der Waals surface area contributed by atoms with Gasteiger partial charge in [0.2, 0.25) is 0 Å². The number of benzene rings is 1. The molecule has 1 aromatic heterocycles. The highest BCUT2D eigenvalue weighted by Gasteiger charge is 2.56. The fraction of sp³-hybridized carbons (Fsp3) is 0.520. The van der Waals surface area contributed by atoms with E-state index in [1.165, 1.54) is 13.2 Å². The molecule has 0 amide bonds. The summed E-state index contributed by atoms with van der Waals surface area (Å²) in [6.45, 7) is 2.27. The average Bonchev–Trinajstić information content (AvgIpc) is 3.36. The van der Waals surface area contributed by atoms with Gasteiger partial charge in [0, 0.05) is 56.0 Å². The lowest BCUT2D eigenvalue weighted by Crippen LogP contribution is -2.46. The van der Waals surface area contributed by atoms with E-state index >= 15 is 0 Å². The van der Waals surface area contributed by atoms with E-state index in [0.717, 1.165) is 18.5 Å². The molecule has 1 aromatic carbocycles. The lowest BCUT2D eigenvalue weighted by molar-refractivity contribution is -0.148. The number of esters is 1. The smallest absolute Gasteiger partial charge is 0.323 e. The number of methoxy groups -OCH3 is 1. The quantitative estimate of drug-likeness (QED) is 0.695. The van der Waals surface area contributed by atoms with E-state index in [-0.39, 0.29) is 41.6 Å². The zero-order valence-corrected chi connectivity index (χ0v) is 18.7. The molecule has 7 nitrogen and oxygen atoms in total. The van der Waals surface area contributed by atoms with Crippen molar-refractivity contribution in [3.63, 3.8) is 0 Å². The zero-order valence-electron chi connectivity index (χ0n) is 18.7. The Hall–Kier alpha value is -2.55. The third kappa shape index (κ3) is 3.70. The predicted octanol–water partition coefficient (Wildman–Crippen LogP) is 2.22. The minimum atomic E-state index is -0.562. The molecule has 0 unspecified atom stereocenters. The summed E-state index contributed by atoms with van der Waals surface area (Å²) in [7, 11) is 1.37. The number of nitrogens with zero attached hydrogens (tertiary/aromatic N) is 2. The first-order valence-corrected chi connectivity index (χ1v) is 11.6. The van der Waals surface area contributed by atoms with Crippen LogP contribution in [0.15, 0.2) is 41.2 Å². The molecule has 176 valence electrons. The van der Waals surface area contributed by atoms with Crippen molar-refractivity contribution in [1.29, 1.82) is 0 Å². The minimum absolute atomic E-state index is 0.109. The molecule has 2 fully saturated rings. The van der Waals surface area contributed by atoms with E-state index < -0.39 is 11.9 Å². The Bertz CT molecular complexity index is 1100. The standard InChI is InChI=1S/C25H29FN2O5/c1-32-25(31)23-19(14-29)18-13-27-21(22(18)28(23)12-15-8-10-33-11-9-15)7-6-17(24(27)30)16-4-2-3-5-20(16)26/h2-7,15,18-19,22-23,29H,8-14H2,1H3/t18-,19-,22+,23-/m0/s1. The van der Waals surface area contributed by atoms with E-state index in [1.54, 1.807) is 28.8 Å². The summed E-state index contributed by atoms with van der Waals surface area (Å²) in [5, 5.41) is 10.3. The first-order valence-electron chi connectivity index (χ1n) is 11.6. The number of pyridine rings is 1. The van der Waals surface area contributed by atoms with E-state index in [9.17, 15) is 19.1 Å². The van der Waals surface area contributed by atoms with Gasteiger partial charge in [-0.15, -0.1) is 0 Å². The highest BCUT2D eigenvalue weighted by molar-refractivity contribution is 5.77. The molecule has 0 aliphatic carbocycles. The maximum Gasteiger partial charge on any atom is 0.323 e. The van der Waals surface area contributed by atoms with Crippen LogP contribution in [-0.2, 0) is 20.8 Å². The molecule has 0 spiro atoms. The first kappa shape index (κ1) is 22.3. The second-order valence-electron chi connectivity index (χ2n) is 9.24. The number of carbonyl (C=O) groups excluding carboxylic acids is 1. The first-order chi connectivity index (χ1) is 16.0. The molecule has 1 N–H and O–H groups in total. The van der Waals surface area contributed by atoms with Crippen molar-refractivity contribution in [3.05, 3.63) is 58.3 Å². The molecule has 2 saturated heterocycles. The Kier molecular flexibility index (Phi) is 6.07. The van der Waals surface area contributed by atoms with E-state index in [2.05, 4.69) is 4.90 Å². The Morgan fingerprint density at radius 2 is 1.94 bits per heavy atom. The summed E-state index contributed by atoms with van der Waals surface area (Å²) in [5.41, 5.74) is 1.16. The van der Waals surface area contributed by atoms with Gasteiger partial charge >= 0.3 is 5.97 Å². The van der Waals surface area contributed by atoms with E-state index in [4.69, 9.17) is 9.47 Å². The molecule has 3 aliphatic rings. The van der Waals surface area contributed by atoms with Crippen molar-refractivity contribution in [2.75, 3.05) is 33.5 Å². The molecule has 0 saturated carbocycles. The molecule has 8 heteroatoms. The van der Waals surface area contributed by atoms with Gasteiger partial charge in [0.1, 0.15) is 11.9 Å². The number of ether oxygens (including phenoxy) is 2. The molecule has 4 atom stereocenters. The van der Waals surface area contributed by atoms with Gasteiger partial charge in [-0.2, -0.15) is 0 Å². The van der Waals surface area contributed by atoms with Crippen LogP contribution in [-0.4, -0.2) is 60.1 Å². The number of aromatic nitrogens is 1. The number of likely N-dealkylation sites (tertiary alicyclic amines) is 1. The summed E-state index contributed by atoms with van der Waals surface area (Å²) >= 11 is 0. The van der Waals surface area contributed by atoms with Crippen LogP contribution in [0.3, 0.4) is 0 Å². The van der Waals surface area contributed by atoms with Crippen molar-refractivity contribution < 1.29 is 23.8 Å². The highest BCUT2D eigenvalue weighted by Crippen LogP contribution is 2.50. The monoisotopic (exact) mass is 456 g/mol. The lowest BCUT2D eigenvalue weighted by atomic mass is 9.88. The third-order valence-electron chi connectivity index (χ3n) is 7.61. The number of aliphatic hydroxyl groups excluding tert-OH is 1. The molecular weight excluding hydrogens is 427 g/mol. The van der Waals surface area contributed by atoms with Crippen molar-refractivity contribution in [2.45, 2.75) is 31.5 Å². The van der Waals surface area contributed by atoms with E-state index in [1.807, 2.05) is 6.07 Å². The molecule has 33 heavy (non-hydrogen) atoms. The van der Waals surface area contributed by atoms with Gasteiger partial charge in [-0.3, -0.25) is 14.5 Å². The third-order valence-corrected chi connectivity index (χ3v) is 7.61. The Labute approximate surface area is 191 Å². The fourth-order valence-electron chi connectivity index (χ4n) is 6.01. The van der Waals surface area contributed by atoms with Crippen LogP contribution in [0.1, 0.15) is 24.6 Å². The van der Waals surface area contributed by atoms with Crippen LogP contribution < -0.4 is 5.56 Å². The van der Waals surface area contributed by atoms with Gasteiger partial charge in [-0.25, -0.2) is 4.39 Å². The molecule has 0 bridgehead atoms. The molecular formula is C25H29FN2O5. The number of rotatable bonds is 5. The lowest BCUT2D eigenvalue weighted by Gasteiger charge is -2.34. The summed E-state index contributed by atoms with van der Waals surface area (Å²) in [4.78, 5) is 28.4. The van der Waals surface area contributed by atoms with Gasteiger partial charge in [-0.1, -0.05) is 18.2 Å². The van der Waals surface area contributed by atoms with Crippen LogP contribution in [0.5, 0.6) is 0 Å². The number of carbonyl (C=O) groups is 1. The largest absolute Gasteiger partial charge is 0.468 e. The predicted molar refractivity (Wildman–Crippen MR) is 119 cm³/mol. The molecule has 0 radical (unpaired) electrons. The minimum Gasteiger partial charge on any atom is -0.468 e. The molecule has 2 aromatic rings. The Morgan fingerprint density at radius 3 is 2.64 bits per heavy atom. The van der Waals surface area contributed by atoms with Crippen molar-refractivity contribution in [1.82, 2.24) is 9.47 Å². The van der Waals surface area contributed by atoms with Crippen LogP contribution in [0, 0.1) is 23.6 Å². The highest BCUT2D eigenvalue weighted by atomic mass is 19.1. The normalized spacial score (nSPS) is 27.4. The van der Waals surface area contributed by atoms with Crippen LogP contribution in [0.25, 0.3) is 11.1 Å². The Morgan fingerprint density at radius 1 is 1.18 bits per heavy atom. The number of hydrogen-bond donors (Lipinski definition) is 1. The van der Waals surface area contributed by atoms with Crippen molar-refractivity contribution in [3.8, 4) is 11.1 Å². The number of halogens is 1. The van der Waals surface area contributed by atoms with Crippen molar-refractivity contribution >= 4 is 5.97 Å². The van der Waals surface area contributed by atoms with Crippen LogP contribution in [0.2, 0.25) is 0 Å². The summed E-state index contributed by atoms with van der Waals surface area (Å²) in [6.07, 6.45) is 1.81. The Balaban J connectivity index is 1.56. The van der Waals surface area contributed by atoms with Crippen LogP contribution >= 0.6 is 0 Å². The number of aliphatic hydroxyl groups is 1. The summed E-state index contributed by atoms with van der Waals surface area (Å²) in [6, 6.07) is 9.07. The fourth-order valence-corrected chi connectivity index (χ4v) is 6.01. The van der Waals surface area contributed by atoms with Gasteiger partial charge in [0.25, 0.3) is 5.56 Å².